The second kappa shape index (κ2) is 7.12. The average molecular weight is 214 g/mol. The summed E-state index contributed by atoms with van der Waals surface area (Å²) in [5.74, 6) is 6.63. The van der Waals surface area contributed by atoms with Crippen molar-refractivity contribution in [2.45, 2.75) is 46.5 Å². The summed E-state index contributed by atoms with van der Waals surface area (Å²) in [7, 11) is 0. The number of benzene rings is 1. The molecule has 1 aromatic carbocycles. The third-order valence-electron chi connectivity index (χ3n) is 2.77. The molecule has 0 heteroatoms. The summed E-state index contributed by atoms with van der Waals surface area (Å²) in [4.78, 5) is 0. The van der Waals surface area contributed by atoms with Gasteiger partial charge in [-0.3, -0.25) is 0 Å². The molecule has 0 nitrogen and oxygen atoms in total. The zero-order chi connectivity index (χ0) is 11.8. The van der Waals surface area contributed by atoms with Crippen LogP contribution in [0.4, 0.5) is 0 Å². The molecular formula is C16H22. The zero-order valence-electron chi connectivity index (χ0n) is 10.7. The Morgan fingerprint density at radius 2 is 1.75 bits per heavy atom. The summed E-state index contributed by atoms with van der Waals surface area (Å²) in [5, 5.41) is 0. The van der Waals surface area contributed by atoms with Crippen LogP contribution in [0, 0.1) is 17.8 Å². The molecule has 0 amide bonds. The van der Waals surface area contributed by atoms with Crippen molar-refractivity contribution in [3.63, 3.8) is 0 Å². The first-order valence-corrected chi connectivity index (χ1v) is 6.26. The topological polar surface area (TPSA) is 0 Å². The molecule has 0 heterocycles. The van der Waals surface area contributed by atoms with E-state index in [2.05, 4.69) is 50.0 Å². The van der Waals surface area contributed by atoms with E-state index >= 15 is 0 Å². The van der Waals surface area contributed by atoms with Gasteiger partial charge in [-0.2, -0.15) is 0 Å². The summed E-state index contributed by atoms with van der Waals surface area (Å²) >= 11 is 0. The van der Waals surface area contributed by atoms with E-state index in [1.807, 2.05) is 6.92 Å². The van der Waals surface area contributed by atoms with Crippen molar-refractivity contribution >= 4 is 0 Å². The first-order chi connectivity index (χ1) is 7.76. The molecule has 0 bridgehead atoms. The van der Waals surface area contributed by atoms with Crippen molar-refractivity contribution in [2.24, 2.45) is 5.92 Å². The minimum Gasteiger partial charge on any atom is -0.106 e. The Bertz CT molecular complexity index is 348. The van der Waals surface area contributed by atoms with Crippen LogP contribution in [0.1, 0.15) is 44.7 Å². The molecule has 86 valence electrons. The monoisotopic (exact) mass is 214 g/mol. The second-order valence-corrected chi connectivity index (χ2v) is 4.42. The fourth-order valence-electron chi connectivity index (χ4n) is 1.87. The maximum atomic E-state index is 3.19. The first-order valence-electron chi connectivity index (χ1n) is 6.26. The molecule has 0 aliphatic heterocycles. The van der Waals surface area contributed by atoms with E-state index in [4.69, 9.17) is 0 Å². The number of hydrogen-bond donors (Lipinski definition) is 0. The molecule has 16 heavy (non-hydrogen) atoms. The SMILES string of the molecule is CC#CC(C)Cc1ccc(CCCC)cc1. The van der Waals surface area contributed by atoms with E-state index in [9.17, 15) is 0 Å². The van der Waals surface area contributed by atoms with Crippen LogP contribution in [0.5, 0.6) is 0 Å². The van der Waals surface area contributed by atoms with Gasteiger partial charge >= 0.3 is 0 Å². The van der Waals surface area contributed by atoms with E-state index in [1.54, 1.807) is 0 Å². The van der Waals surface area contributed by atoms with Gasteiger partial charge in [0.1, 0.15) is 0 Å². The molecule has 1 unspecified atom stereocenters. The molecule has 0 fully saturated rings. The lowest BCUT2D eigenvalue weighted by Crippen LogP contribution is -1.96. The number of rotatable bonds is 5. The Balaban J connectivity index is 2.53. The van der Waals surface area contributed by atoms with Crippen LogP contribution in [-0.2, 0) is 12.8 Å². The quantitative estimate of drug-likeness (QED) is 0.643. The summed E-state index contributed by atoms with van der Waals surface area (Å²) in [6.07, 6.45) is 4.83. The van der Waals surface area contributed by atoms with Gasteiger partial charge in [-0.15, -0.1) is 11.8 Å². The lowest BCUT2D eigenvalue weighted by Gasteiger charge is -2.06. The molecule has 0 saturated carbocycles. The Morgan fingerprint density at radius 1 is 1.12 bits per heavy atom. The third-order valence-corrected chi connectivity index (χ3v) is 2.77. The molecule has 1 atom stereocenters. The maximum Gasteiger partial charge on any atom is 0.0214 e. The van der Waals surface area contributed by atoms with Crippen LogP contribution in [0.15, 0.2) is 24.3 Å². The molecule has 0 aliphatic rings. The minimum atomic E-state index is 0.464. The van der Waals surface area contributed by atoms with Gasteiger partial charge in [0.2, 0.25) is 0 Å². The Labute approximate surface area is 100 Å². The van der Waals surface area contributed by atoms with Crippen molar-refractivity contribution in [3.8, 4) is 11.8 Å². The zero-order valence-corrected chi connectivity index (χ0v) is 10.7. The van der Waals surface area contributed by atoms with Gasteiger partial charge in [0.15, 0.2) is 0 Å². The summed E-state index contributed by atoms with van der Waals surface area (Å²) in [6, 6.07) is 9.02. The maximum absolute atomic E-state index is 3.19. The standard InChI is InChI=1S/C16H22/c1-4-6-8-15-9-11-16(12-10-15)13-14(3)7-5-2/h9-12,14H,4,6,8,13H2,1-3H3. The van der Waals surface area contributed by atoms with Crippen molar-refractivity contribution < 1.29 is 0 Å². The lowest BCUT2D eigenvalue weighted by molar-refractivity contribution is 0.748. The molecule has 0 aliphatic carbocycles. The molecule has 1 rings (SSSR count). The predicted molar refractivity (Wildman–Crippen MR) is 71.4 cm³/mol. The van der Waals surface area contributed by atoms with Gasteiger partial charge in [-0.05, 0) is 37.3 Å². The van der Waals surface area contributed by atoms with E-state index in [-0.39, 0.29) is 0 Å². The fraction of sp³-hybridized carbons (Fsp3) is 0.500. The third kappa shape index (κ3) is 4.53. The van der Waals surface area contributed by atoms with E-state index < -0.39 is 0 Å². The summed E-state index contributed by atoms with van der Waals surface area (Å²) in [5.41, 5.74) is 2.86. The molecular weight excluding hydrogens is 192 g/mol. The van der Waals surface area contributed by atoms with Crippen molar-refractivity contribution in [1.29, 1.82) is 0 Å². The molecule has 0 radical (unpaired) electrons. The normalized spacial score (nSPS) is 11.7. The van der Waals surface area contributed by atoms with Gasteiger partial charge in [-0.1, -0.05) is 44.5 Å². The number of unbranched alkanes of at least 4 members (excludes halogenated alkanes) is 1. The lowest BCUT2D eigenvalue weighted by atomic mass is 9.99. The first kappa shape index (κ1) is 12.8. The fourth-order valence-corrected chi connectivity index (χ4v) is 1.87. The van der Waals surface area contributed by atoms with Gasteiger partial charge < -0.3 is 0 Å². The molecule has 0 N–H and O–H groups in total. The second-order valence-electron chi connectivity index (χ2n) is 4.42. The highest BCUT2D eigenvalue weighted by molar-refractivity contribution is 5.24. The van der Waals surface area contributed by atoms with Crippen LogP contribution in [-0.4, -0.2) is 0 Å². The summed E-state index contributed by atoms with van der Waals surface area (Å²) < 4.78 is 0. The van der Waals surface area contributed by atoms with Gasteiger partial charge in [-0.25, -0.2) is 0 Å². The minimum absolute atomic E-state index is 0.464. The highest BCUT2D eigenvalue weighted by Crippen LogP contribution is 2.11. The van der Waals surface area contributed by atoms with Crippen LogP contribution in [0.2, 0.25) is 0 Å². The van der Waals surface area contributed by atoms with Crippen molar-refractivity contribution in [2.75, 3.05) is 0 Å². The largest absolute Gasteiger partial charge is 0.106 e. The Morgan fingerprint density at radius 3 is 2.31 bits per heavy atom. The van der Waals surface area contributed by atoms with Crippen molar-refractivity contribution in [1.82, 2.24) is 0 Å². The average Bonchev–Trinajstić information content (AvgIpc) is 2.28. The van der Waals surface area contributed by atoms with Gasteiger partial charge in [0, 0.05) is 5.92 Å². The molecule has 0 aromatic heterocycles. The van der Waals surface area contributed by atoms with E-state index in [1.165, 1.54) is 30.4 Å². The van der Waals surface area contributed by atoms with Crippen LogP contribution in [0.25, 0.3) is 0 Å². The van der Waals surface area contributed by atoms with Crippen LogP contribution >= 0.6 is 0 Å². The van der Waals surface area contributed by atoms with E-state index in [0.717, 1.165) is 6.42 Å². The summed E-state index contributed by atoms with van der Waals surface area (Å²) in [6.45, 7) is 6.32. The van der Waals surface area contributed by atoms with Gasteiger partial charge in [0.05, 0.1) is 0 Å². The van der Waals surface area contributed by atoms with Crippen LogP contribution in [0.3, 0.4) is 0 Å². The molecule has 0 saturated heterocycles. The Kier molecular flexibility index (Phi) is 5.72. The van der Waals surface area contributed by atoms with Gasteiger partial charge in [0.25, 0.3) is 0 Å². The highest BCUT2D eigenvalue weighted by Gasteiger charge is 2.00. The highest BCUT2D eigenvalue weighted by atomic mass is 14.0. The predicted octanol–water partition coefficient (Wildman–Crippen LogP) is 4.23. The van der Waals surface area contributed by atoms with E-state index in [0.29, 0.717) is 5.92 Å². The smallest absolute Gasteiger partial charge is 0.0214 e. The number of hydrogen-bond acceptors (Lipinski definition) is 0. The number of aryl methyl sites for hydroxylation is 1. The Hall–Kier alpha value is -1.22. The van der Waals surface area contributed by atoms with Crippen LogP contribution < -0.4 is 0 Å². The molecule has 0 spiro atoms. The molecule has 1 aromatic rings. The van der Waals surface area contributed by atoms with Crippen molar-refractivity contribution in [3.05, 3.63) is 35.4 Å².